The lowest BCUT2D eigenvalue weighted by Crippen LogP contribution is -2.42. The molecule has 0 unspecified atom stereocenters. The van der Waals surface area contributed by atoms with E-state index in [0.717, 1.165) is 49.6 Å². The second-order valence-corrected chi connectivity index (χ2v) is 6.24. The van der Waals surface area contributed by atoms with Crippen molar-refractivity contribution >= 4 is 11.6 Å². The van der Waals surface area contributed by atoms with Crippen LogP contribution in [0.15, 0.2) is 30.5 Å². The number of aromatic amines is 1. The summed E-state index contributed by atoms with van der Waals surface area (Å²) in [6, 6.07) is 7.54. The van der Waals surface area contributed by atoms with Crippen LogP contribution in [0.4, 0.5) is 0 Å². The SMILES string of the molecule is Cc1ncc(CN2CCC(O)(c3ccc(Cl)cc3)CC2)[nH]1. The zero-order valence-corrected chi connectivity index (χ0v) is 12.9. The number of benzene rings is 1. The van der Waals surface area contributed by atoms with Crippen molar-refractivity contribution in [2.45, 2.75) is 31.9 Å². The molecule has 0 atom stereocenters. The Morgan fingerprint density at radius 3 is 2.52 bits per heavy atom. The lowest BCUT2D eigenvalue weighted by Gasteiger charge is -2.38. The van der Waals surface area contributed by atoms with Crippen LogP contribution in [0.1, 0.15) is 29.9 Å². The fourth-order valence-corrected chi connectivity index (χ4v) is 3.05. The summed E-state index contributed by atoms with van der Waals surface area (Å²) in [5, 5.41) is 11.5. The quantitative estimate of drug-likeness (QED) is 0.917. The van der Waals surface area contributed by atoms with E-state index in [1.807, 2.05) is 37.4 Å². The Labute approximate surface area is 129 Å². The van der Waals surface area contributed by atoms with Crippen molar-refractivity contribution in [2.75, 3.05) is 13.1 Å². The minimum absolute atomic E-state index is 0.703. The molecule has 2 N–H and O–H groups in total. The van der Waals surface area contributed by atoms with Crippen LogP contribution >= 0.6 is 11.6 Å². The van der Waals surface area contributed by atoms with Gasteiger partial charge in [0.1, 0.15) is 5.82 Å². The van der Waals surface area contributed by atoms with Crippen LogP contribution in [-0.4, -0.2) is 33.1 Å². The largest absolute Gasteiger partial charge is 0.385 e. The summed E-state index contributed by atoms with van der Waals surface area (Å²) in [5.74, 6) is 0.944. The first kappa shape index (κ1) is 14.6. The van der Waals surface area contributed by atoms with Crippen molar-refractivity contribution in [3.63, 3.8) is 0 Å². The number of aliphatic hydroxyl groups is 1. The zero-order chi connectivity index (χ0) is 14.9. The number of likely N-dealkylation sites (tertiary alicyclic amines) is 1. The van der Waals surface area contributed by atoms with Gasteiger partial charge in [0.2, 0.25) is 0 Å². The predicted octanol–water partition coefficient (Wildman–Crippen LogP) is 2.86. The maximum Gasteiger partial charge on any atom is 0.103 e. The van der Waals surface area contributed by atoms with Crippen LogP contribution in [0.2, 0.25) is 5.02 Å². The highest BCUT2D eigenvalue weighted by atomic mass is 35.5. The van der Waals surface area contributed by atoms with Gasteiger partial charge in [-0.15, -0.1) is 0 Å². The number of nitrogens with zero attached hydrogens (tertiary/aromatic N) is 2. The van der Waals surface area contributed by atoms with E-state index in [2.05, 4.69) is 14.9 Å². The number of hydrogen-bond acceptors (Lipinski definition) is 3. The van der Waals surface area contributed by atoms with Gasteiger partial charge in [-0.25, -0.2) is 4.98 Å². The molecule has 0 aliphatic carbocycles. The summed E-state index contributed by atoms with van der Waals surface area (Å²) >= 11 is 5.91. The molecule has 1 aliphatic heterocycles. The molecule has 5 heteroatoms. The predicted molar refractivity (Wildman–Crippen MR) is 83.2 cm³/mol. The van der Waals surface area contributed by atoms with E-state index in [1.165, 1.54) is 0 Å². The van der Waals surface area contributed by atoms with Gasteiger partial charge >= 0.3 is 0 Å². The van der Waals surface area contributed by atoms with Crippen LogP contribution in [0, 0.1) is 6.92 Å². The number of rotatable bonds is 3. The lowest BCUT2D eigenvalue weighted by atomic mass is 9.84. The van der Waals surface area contributed by atoms with E-state index in [4.69, 9.17) is 11.6 Å². The minimum atomic E-state index is -0.731. The van der Waals surface area contributed by atoms with Crippen LogP contribution in [0.25, 0.3) is 0 Å². The Hall–Kier alpha value is -1.36. The van der Waals surface area contributed by atoms with Crippen molar-refractivity contribution in [1.82, 2.24) is 14.9 Å². The number of H-pyrrole nitrogens is 1. The second kappa shape index (κ2) is 5.79. The fraction of sp³-hybridized carbons (Fsp3) is 0.438. The molecular formula is C16H20ClN3O. The number of halogens is 1. The number of nitrogens with one attached hydrogen (secondary N) is 1. The van der Waals surface area contributed by atoms with Crippen LogP contribution < -0.4 is 0 Å². The third kappa shape index (κ3) is 3.28. The van der Waals surface area contributed by atoms with Gasteiger partial charge in [-0.05, 0) is 37.5 Å². The van der Waals surface area contributed by atoms with Gasteiger partial charge in [0, 0.05) is 36.5 Å². The standard InChI is InChI=1S/C16H20ClN3O/c1-12-18-10-15(19-12)11-20-8-6-16(21,7-9-20)13-2-4-14(17)5-3-13/h2-5,10,21H,6-9,11H2,1H3,(H,18,19). The average molecular weight is 306 g/mol. The molecule has 0 radical (unpaired) electrons. The van der Waals surface area contributed by atoms with E-state index in [0.29, 0.717) is 5.02 Å². The van der Waals surface area contributed by atoms with Gasteiger partial charge in [-0.1, -0.05) is 23.7 Å². The van der Waals surface area contributed by atoms with Crippen molar-refractivity contribution < 1.29 is 5.11 Å². The molecule has 1 saturated heterocycles. The molecule has 0 amide bonds. The topological polar surface area (TPSA) is 52.1 Å². The monoisotopic (exact) mass is 305 g/mol. The molecule has 2 heterocycles. The number of piperidine rings is 1. The summed E-state index contributed by atoms with van der Waals surface area (Å²) in [4.78, 5) is 9.82. The van der Waals surface area contributed by atoms with E-state index < -0.39 is 5.60 Å². The second-order valence-electron chi connectivity index (χ2n) is 5.81. The summed E-state index contributed by atoms with van der Waals surface area (Å²) < 4.78 is 0. The summed E-state index contributed by atoms with van der Waals surface area (Å²) in [6.07, 6.45) is 3.36. The molecule has 1 aliphatic rings. The van der Waals surface area contributed by atoms with Crippen molar-refractivity contribution in [2.24, 2.45) is 0 Å². The van der Waals surface area contributed by atoms with Gasteiger partial charge < -0.3 is 10.1 Å². The van der Waals surface area contributed by atoms with Crippen molar-refractivity contribution in [3.05, 3.63) is 52.6 Å². The van der Waals surface area contributed by atoms with Gasteiger partial charge in [-0.3, -0.25) is 4.90 Å². The lowest BCUT2D eigenvalue weighted by molar-refractivity contribution is -0.0279. The molecule has 1 aromatic carbocycles. The molecule has 4 nitrogen and oxygen atoms in total. The number of hydrogen-bond donors (Lipinski definition) is 2. The van der Waals surface area contributed by atoms with Crippen molar-refractivity contribution in [1.29, 1.82) is 0 Å². The Balaban J connectivity index is 1.62. The summed E-state index contributed by atoms with van der Waals surface area (Å²) in [7, 11) is 0. The molecule has 112 valence electrons. The molecule has 0 spiro atoms. The Bertz CT molecular complexity index is 600. The third-order valence-corrected chi connectivity index (χ3v) is 4.47. The first-order valence-corrected chi connectivity index (χ1v) is 7.64. The van der Waals surface area contributed by atoms with Crippen LogP contribution in [-0.2, 0) is 12.1 Å². The molecule has 2 aromatic rings. The highest BCUT2D eigenvalue weighted by Gasteiger charge is 2.33. The Morgan fingerprint density at radius 1 is 1.29 bits per heavy atom. The number of imidazole rings is 1. The Kier molecular flexibility index (Phi) is 4.02. The minimum Gasteiger partial charge on any atom is -0.385 e. The molecule has 21 heavy (non-hydrogen) atoms. The molecule has 1 fully saturated rings. The molecule has 1 aromatic heterocycles. The van der Waals surface area contributed by atoms with E-state index in [1.54, 1.807) is 0 Å². The first-order valence-electron chi connectivity index (χ1n) is 7.26. The smallest absolute Gasteiger partial charge is 0.103 e. The molecule has 0 saturated carbocycles. The molecule has 3 rings (SSSR count). The van der Waals surface area contributed by atoms with E-state index >= 15 is 0 Å². The number of aromatic nitrogens is 2. The summed E-state index contributed by atoms with van der Waals surface area (Å²) in [6.45, 7) is 4.56. The highest BCUT2D eigenvalue weighted by molar-refractivity contribution is 6.30. The van der Waals surface area contributed by atoms with Gasteiger partial charge in [0.25, 0.3) is 0 Å². The fourth-order valence-electron chi connectivity index (χ4n) is 2.92. The maximum atomic E-state index is 10.8. The molecular weight excluding hydrogens is 286 g/mol. The molecule has 0 bridgehead atoms. The van der Waals surface area contributed by atoms with Gasteiger partial charge in [-0.2, -0.15) is 0 Å². The zero-order valence-electron chi connectivity index (χ0n) is 12.1. The van der Waals surface area contributed by atoms with Crippen LogP contribution in [0.3, 0.4) is 0 Å². The third-order valence-electron chi connectivity index (χ3n) is 4.21. The maximum absolute atomic E-state index is 10.8. The van der Waals surface area contributed by atoms with E-state index in [9.17, 15) is 5.11 Å². The van der Waals surface area contributed by atoms with Crippen molar-refractivity contribution in [3.8, 4) is 0 Å². The first-order chi connectivity index (χ1) is 10.0. The summed E-state index contributed by atoms with van der Waals surface area (Å²) in [5.41, 5.74) is 1.36. The highest BCUT2D eigenvalue weighted by Crippen LogP contribution is 2.33. The van der Waals surface area contributed by atoms with Gasteiger partial charge in [0.05, 0.1) is 5.60 Å². The average Bonchev–Trinajstić information content (AvgIpc) is 2.88. The normalized spacial score (nSPS) is 18.8. The van der Waals surface area contributed by atoms with Crippen LogP contribution in [0.5, 0.6) is 0 Å². The van der Waals surface area contributed by atoms with E-state index in [-0.39, 0.29) is 0 Å². The van der Waals surface area contributed by atoms with Gasteiger partial charge in [0.15, 0.2) is 0 Å². The number of aryl methyl sites for hydroxylation is 1. The Morgan fingerprint density at radius 2 is 1.95 bits per heavy atom.